The van der Waals surface area contributed by atoms with Crippen molar-refractivity contribution in [1.82, 2.24) is 4.57 Å². The lowest BCUT2D eigenvalue weighted by atomic mass is 10.0. The summed E-state index contributed by atoms with van der Waals surface area (Å²) in [6, 6.07) is -1.67. The minimum atomic E-state index is -4.15. The van der Waals surface area contributed by atoms with Gasteiger partial charge in [0.2, 0.25) is 0 Å². The highest BCUT2D eigenvalue weighted by Crippen LogP contribution is 2.30. The number of pyridine rings is 1. The number of aromatic nitrogens is 1. The average molecular weight is 321 g/mol. The third-order valence-corrected chi connectivity index (χ3v) is 3.11. The van der Waals surface area contributed by atoms with Gasteiger partial charge in [0.05, 0.1) is 0 Å². The van der Waals surface area contributed by atoms with Crippen LogP contribution < -0.4 is 5.56 Å². The predicted molar refractivity (Wildman–Crippen MR) is 66.9 cm³/mol. The molecule has 0 saturated carbocycles. The maximum atomic E-state index is 13.8. The van der Waals surface area contributed by atoms with Crippen LogP contribution in [-0.4, -0.2) is 11.2 Å². The first-order chi connectivity index (χ1) is 10.2. The van der Waals surface area contributed by atoms with Gasteiger partial charge < -0.3 is 0 Å². The number of alkyl halides is 3. The highest BCUT2D eigenvalue weighted by atomic mass is 19.3. The number of hydrogen-bond acceptors (Lipinski definition) is 1. The summed E-state index contributed by atoms with van der Waals surface area (Å²) in [4.78, 5) is 11.5. The standard InChI is InChI=1S/C14H9F6NO/c1-7-9(10-4-8(16)5-11(17)13(10)18)2-3-12(22)21(7)14(19,20)6-15/h2-5H,6H2,1H3. The topological polar surface area (TPSA) is 22.0 Å². The van der Waals surface area contributed by atoms with Gasteiger partial charge in [0.15, 0.2) is 18.3 Å². The summed E-state index contributed by atoms with van der Waals surface area (Å²) in [5.74, 6) is -4.09. The van der Waals surface area contributed by atoms with Crippen molar-refractivity contribution in [2.24, 2.45) is 0 Å². The van der Waals surface area contributed by atoms with Crippen LogP contribution in [0, 0.1) is 24.4 Å². The molecule has 22 heavy (non-hydrogen) atoms. The van der Waals surface area contributed by atoms with E-state index in [0.29, 0.717) is 18.2 Å². The molecular weight excluding hydrogens is 312 g/mol. The highest BCUT2D eigenvalue weighted by Gasteiger charge is 2.34. The number of halogens is 6. The van der Waals surface area contributed by atoms with Crippen LogP contribution in [0.2, 0.25) is 0 Å². The van der Waals surface area contributed by atoms with E-state index in [0.717, 1.165) is 13.0 Å². The molecule has 0 unspecified atom stereocenters. The summed E-state index contributed by atoms with van der Waals surface area (Å²) in [7, 11) is 0. The van der Waals surface area contributed by atoms with E-state index in [1.807, 2.05) is 0 Å². The van der Waals surface area contributed by atoms with E-state index in [1.54, 1.807) is 0 Å². The summed E-state index contributed by atoms with van der Waals surface area (Å²) >= 11 is 0. The van der Waals surface area contributed by atoms with E-state index in [1.165, 1.54) is 0 Å². The summed E-state index contributed by atoms with van der Waals surface area (Å²) in [6.07, 6.45) is 0. The first kappa shape index (κ1) is 16.1. The fourth-order valence-electron chi connectivity index (χ4n) is 2.14. The Morgan fingerprint density at radius 1 is 1.09 bits per heavy atom. The van der Waals surface area contributed by atoms with Crippen molar-refractivity contribution in [2.45, 2.75) is 13.0 Å². The molecular formula is C14H9F6NO. The lowest BCUT2D eigenvalue weighted by Crippen LogP contribution is -2.37. The first-order valence-electron chi connectivity index (χ1n) is 6.01. The Morgan fingerprint density at radius 2 is 1.73 bits per heavy atom. The minimum absolute atomic E-state index is 0.176. The van der Waals surface area contributed by atoms with Gasteiger partial charge in [0.25, 0.3) is 5.56 Å². The van der Waals surface area contributed by atoms with E-state index in [9.17, 15) is 31.1 Å². The lowest BCUT2D eigenvalue weighted by molar-refractivity contribution is -0.103. The zero-order valence-corrected chi connectivity index (χ0v) is 11.1. The lowest BCUT2D eigenvalue weighted by Gasteiger charge is -2.20. The number of hydrogen-bond donors (Lipinski definition) is 0. The maximum absolute atomic E-state index is 13.8. The molecule has 1 aromatic heterocycles. The Balaban J connectivity index is 2.80. The van der Waals surface area contributed by atoms with Crippen molar-refractivity contribution in [2.75, 3.05) is 6.67 Å². The van der Waals surface area contributed by atoms with Crippen molar-refractivity contribution < 1.29 is 26.3 Å². The molecule has 0 spiro atoms. The molecule has 8 heteroatoms. The molecule has 2 rings (SSSR count). The van der Waals surface area contributed by atoms with E-state index in [-0.39, 0.29) is 10.1 Å². The van der Waals surface area contributed by atoms with Gasteiger partial charge in [0, 0.05) is 29.0 Å². The molecule has 1 aromatic carbocycles. The fraction of sp³-hybridized carbons (Fsp3) is 0.214. The summed E-state index contributed by atoms with van der Waals surface area (Å²) in [5, 5.41) is 0. The average Bonchev–Trinajstić information content (AvgIpc) is 2.43. The van der Waals surface area contributed by atoms with Crippen LogP contribution >= 0.6 is 0 Å². The SMILES string of the molecule is Cc1c(-c2cc(F)cc(F)c2F)ccc(=O)n1C(F)(F)CF. The molecule has 2 aromatic rings. The van der Waals surface area contributed by atoms with Crippen molar-refractivity contribution >= 4 is 0 Å². The van der Waals surface area contributed by atoms with Crippen molar-refractivity contribution in [3.05, 3.63) is 57.8 Å². The molecule has 0 atom stereocenters. The predicted octanol–water partition coefficient (Wildman–Crippen LogP) is 3.76. The highest BCUT2D eigenvalue weighted by molar-refractivity contribution is 5.66. The van der Waals surface area contributed by atoms with Crippen LogP contribution in [0.4, 0.5) is 26.3 Å². The van der Waals surface area contributed by atoms with E-state index < -0.39 is 47.0 Å². The maximum Gasteiger partial charge on any atom is 0.360 e. The van der Waals surface area contributed by atoms with Gasteiger partial charge in [0.1, 0.15) is 5.82 Å². The smallest absolute Gasteiger partial charge is 0.269 e. The Kier molecular flexibility index (Phi) is 4.04. The van der Waals surface area contributed by atoms with Gasteiger partial charge in [-0.05, 0) is 19.1 Å². The molecule has 0 radical (unpaired) electrons. The third-order valence-electron chi connectivity index (χ3n) is 3.11. The molecule has 0 aliphatic heterocycles. The van der Waals surface area contributed by atoms with Crippen molar-refractivity contribution in [3.8, 4) is 11.1 Å². The summed E-state index contributed by atoms with van der Waals surface area (Å²) in [5.41, 5.74) is -2.72. The van der Waals surface area contributed by atoms with Crippen LogP contribution in [0.25, 0.3) is 11.1 Å². The number of benzene rings is 1. The van der Waals surface area contributed by atoms with Crippen LogP contribution in [0.15, 0.2) is 29.1 Å². The third kappa shape index (κ3) is 2.60. The zero-order chi connectivity index (χ0) is 16.7. The van der Waals surface area contributed by atoms with Gasteiger partial charge in [-0.25, -0.2) is 22.1 Å². The molecule has 1 heterocycles. The molecule has 0 bridgehead atoms. The molecule has 0 saturated heterocycles. The Morgan fingerprint density at radius 3 is 2.32 bits per heavy atom. The van der Waals surface area contributed by atoms with Crippen LogP contribution in [0.1, 0.15) is 5.69 Å². The van der Waals surface area contributed by atoms with Gasteiger partial charge in [-0.2, -0.15) is 8.78 Å². The second-order valence-corrected chi connectivity index (χ2v) is 4.55. The Hall–Kier alpha value is -2.25. The largest absolute Gasteiger partial charge is 0.360 e. The summed E-state index contributed by atoms with van der Waals surface area (Å²) in [6.45, 7) is -1.15. The Bertz CT molecular complexity index is 784. The van der Waals surface area contributed by atoms with Crippen LogP contribution in [-0.2, 0) is 6.05 Å². The first-order valence-corrected chi connectivity index (χ1v) is 6.01. The minimum Gasteiger partial charge on any atom is -0.269 e. The van der Waals surface area contributed by atoms with Crippen LogP contribution in [0.3, 0.4) is 0 Å². The number of nitrogens with zero attached hydrogens (tertiary/aromatic N) is 1. The molecule has 0 amide bonds. The normalized spacial score (nSPS) is 11.8. The molecule has 0 N–H and O–H groups in total. The molecule has 0 aliphatic rings. The summed E-state index contributed by atoms with van der Waals surface area (Å²) < 4.78 is 79.5. The molecule has 0 fully saturated rings. The van der Waals surface area contributed by atoms with E-state index in [2.05, 4.69) is 0 Å². The van der Waals surface area contributed by atoms with Crippen LogP contribution in [0.5, 0.6) is 0 Å². The van der Waals surface area contributed by atoms with Gasteiger partial charge in [-0.15, -0.1) is 0 Å². The Labute approximate surface area is 120 Å². The fourth-order valence-corrected chi connectivity index (χ4v) is 2.14. The van der Waals surface area contributed by atoms with Gasteiger partial charge in [-0.3, -0.25) is 4.79 Å². The second-order valence-electron chi connectivity index (χ2n) is 4.55. The van der Waals surface area contributed by atoms with Crippen molar-refractivity contribution in [3.63, 3.8) is 0 Å². The molecule has 0 aliphatic carbocycles. The van der Waals surface area contributed by atoms with Crippen molar-refractivity contribution in [1.29, 1.82) is 0 Å². The zero-order valence-electron chi connectivity index (χ0n) is 11.1. The quantitative estimate of drug-likeness (QED) is 0.623. The molecule has 118 valence electrons. The second kappa shape index (κ2) is 5.51. The van der Waals surface area contributed by atoms with Gasteiger partial charge >= 0.3 is 6.05 Å². The molecule has 2 nitrogen and oxygen atoms in total. The number of rotatable bonds is 3. The van der Waals surface area contributed by atoms with Gasteiger partial charge in [-0.1, -0.05) is 0 Å². The monoisotopic (exact) mass is 321 g/mol. The van der Waals surface area contributed by atoms with E-state index >= 15 is 0 Å². The van der Waals surface area contributed by atoms with E-state index in [4.69, 9.17) is 0 Å².